The molecule has 0 fully saturated rings. The summed E-state index contributed by atoms with van der Waals surface area (Å²) >= 11 is 0. The van der Waals surface area contributed by atoms with Crippen molar-refractivity contribution in [1.29, 1.82) is 5.26 Å². The van der Waals surface area contributed by atoms with E-state index in [4.69, 9.17) is 9.78 Å². The van der Waals surface area contributed by atoms with Gasteiger partial charge < -0.3 is 4.52 Å². The number of aromatic nitrogens is 2. The van der Waals surface area contributed by atoms with E-state index in [-0.39, 0.29) is 11.7 Å². The van der Waals surface area contributed by atoms with Crippen molar-refractivity contribution < 1.29 is 12.9 Å². The third kappa shape index (κ3) is 3.53. The SMILES string of the molecule is CC(CCC#N)c1nc(C(C)S(C)(=O)=O)no1. The number of nitrogens with zero attached hydrogens (tertiary/aromatic N) is 3. The smallest absolute Gasteiger partial charge is 0.229 e. The molecule has 1 heterocycles. The van der Waals surface area contributed by atoms with Gasteiger partial charge in [0.15, 0.2) is 15.7 Å². The molecule has 1 aromatic heterocycles. The number of nitriles is 1. The Balaban J connectivity index is 2.82. The van der Waals surface area contributed by atoms with Crippen molar-refractivity contribution in [2.75, 3.05) is 6.26 Å². The molecule has 0 saturated carbocycles. The molecule has 6 nitrogen and oxygen atoms in total. The lowest BCUT2D eigenvalue weighted by atomic mass is 10.1. The molecular weight excluding hydrogens is 242 g/mol. The Hall–Kier alpha value is -1.42. The van der Waals surface area contributed by atoms with Crippen LogP contribution in [0, 0.1) is 11.3 Å². The van der Waals surface area contributed by atoms with Gasteiger partial charge in [0.25, 0.3) is 0 Å². The van der Waals surface area contributed by atoms with Gasteiger partial charge in [-0.25, -0.2) is 8.42 Å². The molecule has 0 radical (unpaired) electrons. The fourth-order valence-electron chi connectivity index (χ4n) is 1.21. The van der Waals surface area contributed by atoms with Gasteiger partial charge in [-0.15, -0.1) is 0 Å². The second kappa shape index (κ2) is 5.27. The van der Waals surface area contributed by atoms with Crippen molar-refractivity contribution in [2.24, 2.45) is 0 Å². The second-order valence-electron chi connectivity index (χ2n) is 4.06. The molecule has 0 saturated heterocycles. The molecular formula is C10H15N3O3S. The highest BCUT2D eigenvalue weighted by molar-refractivity contribution is 7.90. The molecule has 1 aromatic rings. The highest BCUT2D eigenvalue weighted by atomic mass is 32.2. The highest BCUT2D eigenvalue weighted by Gasteiger charge is 2.24. The van der Waals surface area contributed by atoms with Gasteiger partial charge in [0.2, 0.25) is 5.89 Å². The second-order valence-corrected chi connectivity index (χ2v) is 6.43. The molecule has 2 unspecified atom stereocenters. The van der Waals surface area contributed by atoms with Gasteiger partial charge in [-0.2, -0.15) is 10.2 Å². The van der Waals surface area contributed by atoms with E-state index in [0.29, 0.717) is 18.7 Å². The predicted molar refractivity (Wildman–Crippen MR) is 60.8 cm³/mol. The summed E-state index contributed by atoms with van der Waals surface area (Å²) in [6.07, 6.45) is 2.15. The minimum atomic E-state index is -3.22. The molecule has 0 aromatic carbocycles. The number of hydrogen-bond donors (Lipinski definition) is 0. The third-order valence-electron chi connectivity index (χ3n) is 2.57. The summed E-state index contributed by atoms with van der Waals surface area (Å²) in [5.74, 6) is 0.514. The van der Waals surface area contributed by atoms with Crippen LogP contribution in [0.5, 0.6) is 0 Å². The van der Waals surface area contributed by atoms with Gasteiger partial charge in [-0.1, -0.05) is 12.1 Å². The summed E-state index contributed by atoms with van der Waals surface area (Å²) < 4.78 is 27.6. The topological polar surface area (TPSA) is 96.8 Å². The van der Waals surface area contributed by atoms with Crippen molar-refractivity contribution in [3.05, 3.63) is 11.7 Å². The summed E-state index contributed by atoms with van der Waals surface area (Å²) in [4.78, 5) is 4.06. The largest absolute Gasteiger partial charge is 0.339 e. The summed E-state index contributed by atoms with van der Waals surface area (Å²) in [5.41, 5.74) is 0. The van der Waals surface area contributed by atoms with E-state index in [1.165, 1.54) is 6.92 Å². The Morgan fingerprint density at radius 2 is 2.12 bits per heavy atom. The van der Waals surface area contributed by atoms with Crippen molar-refractivity contribution in [3.63, 3.8) is 0 Å². The zero-order chi connectivity index (χ0) is 13.1. The lowest BCUT2D eigenvalue weighted by Gasteiger charge is -2.03. The van der Waals surface area contributed by atoms with Gasteiger partial charge in [0, 0.05) is 18.6 Å². The molecule has 2 atom stereocenters. The fraction of sp³-hybridized carbons (Fsp3) is 0.700. The molecule has 7 heteroatoms. The van der Waals surface area contributed by atoms with E-state index in [9.17, 15) is 8.42 Å². The first-order valence-corrected chi connectivity index (χ1v) is 7.21. The van der Waals surface area contributed by atoms with E-state index in [0.717, 1.165) is 6.26 Å². The summed E-state index contributed by atoms with van der Waals surface area (Å²) in [5, 5.41) is 11.4. The van der Waals surface area contributed by atoms with Crippen molar-refractivity contribution >= 4 is 9.84 Å². The summed E-state index contributed by atoms with van der Waals surface area (Å²) in [6.45, 7) is 3.38. The normalized spacial score (nSPS) is 15.2. The molecule has 0 spiro atoms. The van der Waals surface area contributed by atoms with Crippen LogP contribution in [0.2, 0.25) is 0 Å². The van der Waals surface area contributed by atoms with Gasteiger partial charge in [-0.05, 0) is 13.3 Å². The Kier molecular flexibility index (Phi) is 4.23. The molecule has 0 N–H and O–H groups in total. The number of sulfone groups is 1. The molecule has 0 amide bonds. The minimum Gasteiger partial charge on any atom is -0.339 e. The van der Waals surface area contributed by atoms with E-state index < -0.39 is 15.1 Å². The predicted octanol–water partition coefficient (Wildman–Crippen LogP) is 1.58. The maximum Gasteiger partial charge on any atom is 0.229 e. The van der Waals surface area contributed by atoms with Crippen LogP contribution in [-0.4, -0.2) is 24.8 Å². The average Bonchev–Trinajstić information content (AvgIpc) is 2.72. The summed E-state index contributed by atoms with van der Waals surface area (Å²) in [7, 11) is -3.22. The maximum absolute atomic E-state index is 11.3. The Morgan fingerprint density at radius 1 is 1.47 bits per heavy atom. The molecule has 0 bridgehead atoms. The molecule has 0 aliphatic carbocycles. The Labute approximate surface area is 101 Å². The van der Waals surface area contributed by atoms with Crippen LogP contribution in [0.3, 0.4) is 0 Å². The Morgan fingerprint density at radius 3 is 2.65 bits per heavy atom. The van der Waals surface area contributed by atoms with Crippen LogP contribution < -0.4 is 0 Å². The third-order valence-corrected chi connectivity index (χ3v) is 4.07. The van der Waals surface area contributed by atoms with Crippen LogP contribution in [0.25, 0.3) is 0 Å². The molecule has 0 aliphatic rings. The van der Waals surface area contributed by atoms with Gasteiger partial charge in [0.05, 0.1) is 6.07 Å². The summed E-state index contributed by atoms with van der Waals surface area (Å²) in [6, 6.07) is 2.04. The van der Waals surface area contributed by atoms with Crippen LogP contribution in [0.1, 0.15) is 49.6 Å². The molecule has 1 rings (SSSR count). The van der Waals surface area contributed by atoms with Crippen molar-refractivity contribution in [2.45, 2.75) is 37.9 Å². The lowest BCUT2D eigenvalue weighted by Crippen LogP contribution is -2.09. The fourth-order valence-corrected chi connectivity index (χ4v) is 1.69. The van der Waals surface area contributed by atoms with Crippen LogP contribution in [0.4, 0.5) is 0 Å². The van der Waals surface area contributed by atoms with Crippen molar-refractivity contribution in [1.82, 2.24) is 10.1 Å². The van der Waals surface area contributed by atoms with Crippen LogP contribution >= 0.6 is 0 Å². The zero-order valence-electron chi connectivity index (χ0n) is 10.0. The number of hydrogen-bond acceptors (Lipinski definition) is 6. The minimum absolute atomic E-state index is 0.0392. The quantitative estimate of drug-likeness (QED) is 0.794. The van der Waals surface area contributed by atoms with Gasteiger partial charge in [0.1, 0.15) is 5.25 Å². The lowest BCUT2D eigenvalue weighted by molar-refractivity contribution is 0.350. The first-order chi connectivity index (χ1) is 7.86. The van der Waals surface area contributed by atoms with E-state index in [1.807, 2.05) is 13.0 Å². The van der Waals surface area contributed by atoms with Gasteiger partial charge in [-0.3, -0.25) is 0 Å². The standard InChI is InChI=1S/C10H15N3O3S/c1-7(5-4-6-11)10-12-9(13-16-10)8(2)17(3,14)15/h7-8H,4-5H2,1-3H3. The maximum atomic E-state index is 11.3. The first kappa shape index (κ1) is 13.6. The van der Waals surface area contributed by atoms with E-state index >= 15 is 0 Å². The van der Waals surface area contributed by atoms with Gasteiger partial charge >= 0.3 is 0 Å². The molecule has 94 valence electrons. The average molecular weight is 257 g/mol. The Bertz CT molecular complexity index is 515. The number of rotatable bonds is 5. The zero-order valence-corrected chi connectivity index (χ0v) is 10.9. The first-order valence-electron chi connectivity index (χ1n) is 5.25. The highest BCUT2D eigenvalue weighted by Crippen LogP contribution is 2.22. The molecule has 0 aliphatic heterocycles. The van der Waals surface area contributed by atoms with Crippen molar-refractivity contribution in [3.8, 4) is 6.07 Å². The van der Waals surface area contributed by atoms with Crippen LogP contribution in [-0.2, 0) is 9.84 Å². The van der Waals surface area contributed by atoms with E-state index in [1.54, 1.807) is 0 Å². The monoisotopic (exact) mass is 257 g/mol. The van der Waals surface area contributed by atoms with Crippen LogP contribution in [0.15, 0.2) is 4.52 Å². The molecule has 17 heavy (non-hydrogen) atoms. The van der Waals surface area contributed by atoms with E-state index in [2.05, 4.69) is 10.1 Å².